The zero-order valence-corrected chi connectivity index (χ0v) is 8.91. The zero-order valence-electron chi connectivity index (χ0n) is 8.91. The molecule has 80 valence electrons. The van der Waals surface area contributed by atoms with Gasteiger partial charge in [0.15, 0.2) is 5.78 Å². The van der Waals surface area contributed by atoms with E-state index < -0.39 is 6.10 Å². The molecule has 0 aliphatic rings. The van der Waals surface area contributed by atoms with Crippen LogP contribution < -0.4 is 0 Å². The first-order chi connectivity index (χ1) is 6.70. The van der Waals surface area contributed by atoms with Gasteiger partial charge in [0.2, 0.25) is 0 Å². The van der Waals surface area contributed by atoms with Crippen LogP contribution in [-0.4, -0.2) is 17.0 Å². The fourth-order valence-electron chi connectivity index (χ4n) is 1.06. The smallest absolute Gasteiger partial charge is 0.155 e. The minimum atomic E-state index is -0.470. The van der Waals surface area contributed by atoms with Crippen molar-refractivity contribution in [3.63, 3.8) is 0 Å². The Morgan fingerprint density at radius 2 is 2.29 bits per heavy atom. The fraction of sp³-hybridized carbons (Fsp3) is 0.583. The summed E-state index contributed by atoms with van der Waals surface area (Å²) in [6.45, 7) is 5.62. The second-order valence-electron chi connectivity index (χ2n) is 3.36. The van der Waals surface area contributed by atoms with Gasteiger partial charge in [0.1, 0.15) is 0 Å². The molecule has 0 aromatic rings. The summed E-state index contributed by atoms with van der Waals surface area (Å²) in [6, 6.07) is 0. The number of carbonyl (C=O) groups excluding carboxylic acids is 1. The molecular formula is C12H20O2. The van der Waals surface area contributed by atoms with Crippen LogP contribution in [0.4, 0.5) is 0 Å². The van der Waals surface area contributed by atoms with E-state index in [0.717, 1.165) is 19.3 Å². The average molecular weight is 196 g/mol. The number of ketones is 1. The van der Waals surface area contributed by atoms with Crippen LogP contribution in [0.1, 0.15) is 39.0 Å². The van der Waals surface area contributed by atoms with E-state index >= 15 is 0 Å². The largest absolute Gasteiger partial charge is 0.389 e. The van der Waals surface area contributed by atoms with Gasteiger partial charge >= 0.3 is 0 Å². The quantitative estimate of drug-likeness (QED) is 0.478. The predicted octanol–water partition coefficient (Wildman–Crippen LogP) is 2.63. The number of aliphatic hydroxyl groups is 1. The summed E-state index contributed by atoms with van der Waals surface area (Å²) in [4.78, 5) is 11.1. The Labute approximate surface area is 86.3 Å². The third kappa shape index (κ3) is 7.74. The molecule has 0 aromatic carbocycles. The summed E-state index contributed by atoms with van der Waals surface area (Å²) >= 11 is 0. The van der Waals surface area contributed by atoms with E-state index in [0.29, 0.717) is 12.8 Å². The Bertz CT molecular complexity index is 194. The van der Waals surface area contributed by atoms with E-state index in [1.807, 2.05) is 0 Å². The summed E-state index contributed by atoms with van der Waals surface area (Å²) in [7, 11) is 0. The third-order valence-corrected chi connectivity index (χ3v) is 1.95. The molecule has 0 aliphatic heterocycles. The Kier molecular flexibility index (Phi) is 8.14. The van der Waals surface area contributed by atoms with Gasteiger partial charge in [0, 0.05) is 6.42 Å². The predicted molar refractivity (Wildman–Crippen MR) is 59.1 cm³/mol. The van der Waals surface area contributed by atoms with E-state index in [9.17, 15) is 9.90 Å². The van der Waals surface area contributed by atoms with Crippen molar-refractivity contribution in [3.8, 4) is 0 Å². The summed E-state index contributed by atoms with van der Waals surface area (Å²) in [5, 5.41) is 9.40. The molecule has 0 spiro atoms. The lowest BCUT2D eigenvalue weighted by Gasteiger charge is -2.02. The number of hydrogen-bond acceptors (Lipinski definition) is 2. The fourth-order valence-corrected chi connectivity index (χ4v) is 1.06. The lowest BCUT2D eigenvalue weighted by molar-refractivity contribution is -0.114. The molecule has 0 amide bonds. The molecule has 1 atom stereocenters. The van der Waals surface area contributed by atoms with Crippen LogP contribution in [-0.2, 0) is 4.79 Å². The molecule has 2 nitrogen and oxygen atoms in total. The molecule has 2 heteroatoms. The lowest BCUT2D eigenvalue weighted by atomic mass is 10.1. The monoisotopic (exact) mass is 196 g/mol. The standard InChI is InChI=1S/C12H20O2/c1-3-5-7-11(13)9-10-12(14)8-6-4-2/h3,9-10,12,14H,1,4-8H2,2H3/b10-9+. The first kappa shape index (κ1) is 13.1. The molecule has 0 aromatic heterocycles. The van der Waals surface area contributed by atoms with Crippen molar-refractivity contribution in [2.24, 2.45) is 0 Å². The number of hydrogen-bond donors (Lipinski definition) is 1. The lowest BCUT2D eigenvalue weighted by Crippen LogP contribution is -2.03. The van der Waals surface area contributed by atoms with Crippen molar-refractivity contribution >= 4 is 5.78 Å². The molecule has 0 saturated heterocycles. The molecular weight excluding hydrogens is 176 g/mol. The molecule has 0 aliphatic carbocycles. The maximum Gasteiger partial charge on any atom is 0.155 e. The van der Waals surface area contributed by atoms with Crippen LogP contribution >= 0.6 is 0 Å². The van der Waals surface area contributed by atoms with Crippen molar-refractivity contribution in [3.05, 3.63) is 24.8 Å². The molecule has 14 heavy (non-hydrogen) atoms. The van der Waals surface area contributed by atoms with Gasteiger partial charge in [-0.15, -0.1) is 6.58 Å². The topological polar surface area (TPSA) is 37.3 Å². The van der Waals surface area contributed by atoms with Crippen LogP contribution in [0.3, 0.4) is 0 Å². The Hall–Kier alpha value is -0.890. The van der Waals surface area contributed by atoms with Crippen molar-refractivity contribution in [2.75, 3.05) is 0 Å². The first-order valence-corrected chi connectivity index (χ1v) is 5.20. The average Bonchev–Trinajstić information content (AvgIpc) is 2.20. The van der Waals surface area contributed by atoms with Crippen LogP contribution in [0, 0.1) is 0 Å². The normalized spacial score (nSPS) is 13.0. The van der Waals surface area contributed by atoms with Crippen LogP contribution in [0.25, 0.3) is 0 Å². The van der Waals surface area contributed by atoms with Crippen LogP contribution in [0.15, 0.2) is 24.8 Å². The molecule has 0 heterocycles. The highest BCUT2D eigenvalue weighted by atomic mass is 16.3. The molecule has 0 saturated carbocycles. The van der Waals surface area contributed by atoms with Gasteiger partial charge in [-0.3, -0.25) is 4.79 Å². The van der Waals surface area contributed by atoms with Crippen molar-refractivity contribution in [2.45, 2.75) is 45.1 Å². The minimum Gasteiger partial charge on any atom is -0.389 e. The number of carbonyl (C=O) groups is 1. The van der Waals surface area contributed by atoms with Crippen molar-refractivity contribution in [1.82, 2.24) is 0 Å². The number of unbranched alkanes of at least 4 members (excludes halogenated alkanes) is 1. The number of rotatable bonds is 8. The maximum atomic E-state index is 11.1. The van der Waals surface area contributed by atoms with Gasteiger partial charge in [0.05, 0.1) is 6.10 Å². The van der Waals surface area contributed by atoms with Crippen molar-refractivity contribution < 1.29 is 9.90 Å². The van der Waals surface area contributed by atoms with Crippen LogP contribution in [0.5, 0.6) is 0 Å². The summed E-state index contributed by atoms with van der Waals surface area (Å²) in [6.07, 6.45) is 8.30. The summed E-state index contributed by atoms with van der Waals surface area (Å²) < 4.78 is 0. The molecule has 1 unspecified atom stereocenters. The second-order valence-corrected chi connectivity index (χ2v) is 3.36. The van der Waals surface area contributed by atoms with Gasteiger partial charge in [-0.05, 0) is 18.9 Å². The van der Waals surface area contributed by atoms with E-state index in [1.165, 1.54) is 6.08 Å². The highest BCUT2D eigenvalue weighted by Gasteiger charge is 1.99. The minimum absolute atomic E-state index is 0.0560. The highest BCUT2D eigenvalue weighted by Crippen LogP contribution is 2.02. The van der Waals surface area contributed by atoms with E-state index in [-0.39, 0.29) is 5.78 Å². The van der Waals surface area contributed by atoms with Gasteiger partial charge < -0.3 is 5.11 Å². The van der Waals surface area contributed by atoms with Gasteiger partial charge in [-0.1, -0.05) is 31.9 Å². The SMILES string of the molecule is C=CCCC(=O)/C=C/C(O)CCCC. The van der Waals surface area contributed by atoms with Gasteiger partial charge in [-0.2, -0.15) is 0 Å². The molecule has 0 radical (unpaired) electrons. The third-order valence-electron chi connectivity index (χ3n) is 1.95. The van der Waals surface area contributed by atoms with E-state index in [1.54, 1.807) is 12.2 Å². The molecule has 0 rings (SSSR count). The van der Waals surface area contributed by atoms with Crippen LogP contribution in [0.2, 0.25) is 0 Å². The van der Waals surface area contributed by atoms with Gasteiger partial charge in [-0.25, -0.2) is 0 Å². The van der Waals surface area contributed by atoms with Crippen molar-refractivity contribution in [1.29, 1.82) is 0 Å². The maximum absolute atomic E-state index is 11.1. The Morgan fingerprint density at radius 3 is 2.86 bits per heavy atom. The Balaban J connectivity index is 3.67. The molecule has 0 bridgehead atoms. The summed E-state index contributed by atoms with van der Waals surface area (Å²) in [5.41, 5.74) is 0. The first-order valence-electron chi connectivity index (χ1n) is 5.20. The number of aliphatic hydroxyl groups excluding tert-OH is 1. The van der Waals surface area contributed by atoms with E-state index in [4.69, 9.17) is 0 Å². The van der Waals surface area contributed by atoms with E-state index in [2.05, 4.69) is 13.5 Å². The highest BCUT2D eigenvalue weighted by molar-refractivity contribution is 5.89. The summed E-state index contributed by atoms with van der Waals surface area (Å²) in [5.74, 6) is 0.0560. The van der Waals surface area contributed by atoms with Gasteiger partial charge in [0.25, 0.3) is 0 Å². The zero-order chi connectivity index (χ0) is 10.8. The molecule has 1 N–H and O–H groups in total. The Morgan fingerprint density at radius 1 is 1.57 bits per heavy atom. The number of allylic oxidation sites excluding steroid dienone is 2. The molecule has 0 fully saturated rings. The second kappa shape index (κ2) is 8.70.